The molecule has 3 N–H and O–H groups in total. The van der Waals surface area contributed by atoms with E-state index in [1.165, 1.54) is 17.3 Å². The number of hydrogen-bond acceptors (Lipinski definition) is 8. The molecule has 0 bridgehead atoms. The average molecular weight is 483 g/mol. The van der Waals surface area contributed by atoms with Crippen molar-refractivity contribution in [3.8, 4) is 0 Å². The smallest absolute Gasteiger partial charge is 0.339 e. The second-order valence-corrected chi connectivity index (χ2v) is 8.25. The molecule has 0 aliphatic carbocycles. The highest BCUT2D eigenvalue weighted by Gasteiger charge is 2.37. The Balaban J connectivity index is 2.06. The van der Waals surface area contributed by atoms with Crippen molar-refractivity contribution in [1.82, 2.24) is 9.55 Å². The Morgan fingerprint density at radius 2 is 2.25 bits per heavy atom. The molecule has 13 heteroatoms. The fourth-order valence-corrected chi connectivity index (χ4v) is 3.72. The fraction of sp³-hybridized carbons (Fsp3) is 0.533. The summed E-state index contributed by atoms with van der Waals surface area (Å²) in [5.41, 5.74) is -1.13. The van der Waals surface area contributed by atoms with Crippen molar-refractivity contribution < 1.29 is 33.4 Å². The normalized spacial score (nSPS) is 24.4. The van der Waals surface area contributed by atoms with Crippen LogP contribution in [0.1, 0.15) is 25.1 Å². The molecule has 28 heavy (non-hydrogen) atoms. The summed E-state index contributed by atoms with van der Waals surface area (Å²) >= 11 is 3.04. The molecule has 11 nitrogen and oxygen atoms in total. The van der Waals surface area contributed by atoms with Crippen LogP contribution in [0.3, 0.4) is 0 Å². The molecule has 1 saturated heterocycles. The van der Waals surface area contributed by atoms with Crippen LogP contribution in [-0.4, -0.2) is 57.1 Å². The van der Waals surface area contributed by atoms with Crippen molar-refractivity contribution in [2.45, 2.75) is 31.8 Å². The van der Waals surface area contributed by atoms with E-state index in [1.807, 2.05) is 0 Å². The third-order valence-electron chi connectivity index (χ3n) is 3.83. The van der Waals surface area contributed by atoms with Crippen molar-refractivity contribution >= 4 is 35.6 Å². The van der Waals surface area contributed by atoms with Gasteiger partial charge in [-0.15, -0.1) is 0 Å². The molecule has 1 aromatic rings. The number of aliphatic hydroxyl groups excluding tert-OH is 1. The molecule has 0 radical (unpaired) electrons. The number of halogens is 1. The van der Waals surface area contributed by atoms with E-state index >= 15 is 0 Å². The van der Waals surface area contributed by atoms with Crippen molar-refractivity contribution in [3.05, 3.63) is 37.6 Å². The summed E-state index contributed by atoms with van der Waals surface area (Å²) in [6.07, 6.45) is -1.16. The molecule has 4 atom stereocenters. The number of carbonyl (C=O) groups is 1. The van der Waals surface area contributed by atoms with Gasteiger partial charge in [-0.1, -0.05) is 15.9 Å². The van der Waals surface area contributed by atoms with E-state index in [2.05, 4.69) is 25.7 Å². The highest BCUT2D eigenvalue weighted by atomic mass is 79.9. The number of esters is 1. The third kappa shape index (κ3) is 5.97. The molecule has 1 fully saturated rings. The molecule has 2 heterocycles. The number of nitrogens with zero attached hydrogens (tertiary/aromatic N) is 1. The van der Waals surface area contributed by atoms with Gasteiger partial charge >= 0.3 is 19.3 Å². The zero-order valence-corrected chi connectivity index (χ0v) is 17.3. The highest BCUT2D eigenvalue weighted by molar-refractivity contribution is 9.11. The molecule has 156 valence electrons. The standard InChI is InChI=1S/C15H20BrN2O9P/c1-2-25-13(20)8-28(23,24)26-7-11-10(19)5-12(27-11)18-6-9(3-4-16)14(21)17-15(18)22/h3-4,6,10-12,19H,2,5,7-8H2,1H3,(H,23,24)(H,17,21,22)/b4-3+. The number of aliphatic hydroxyl groups is 1. The van der Waals surface area contributed by atoms with Gasteiger partial charge in [0.2, 0.25) is 0 Å². The number of aromatic nitrogens is 2. The Labute approximate surface area is 167 Å². The maximum absolute atomic E-state index is 12.0. The van der Waals surface area contributed by atoms with Crippen LogP contribution < -0.4 is 11.2 Å². The second kappa shape index (κ2) is 9.77. The van der Waals surface area contributed by atoms with E-state index < -0.39 is 56.0 Å². The molecule has 4 unspecified atom stereocenters. The van der Waals surface area contributed by atoms with Crippen LogP contribution in [0, 0.1) is 0 Å². The first kappa shape index (κ1) is 22.7. The average Bonchev–Trinajstić information content (AvgIpc) is 2.96. The SMILES string of the molecule is CCOC(=O)CP(=O)(O)OCC1OC(n2cc(/C=C/Br)c(=O)[nH]c2=O)CC1O. The number of rotatable bonds is 8. The lowest BCUT2D eigenvalue weighted by Crippen LogP contribution is -2.33. The number of hydrogen-bond donors (Lipinski definition) is 3. The first-order chi connectivity index (χ1) is 13.2. The van der Waals surface area contributed by atoms with Crippen molar-refractivity contribution in [1.29, 1.82) is 0 Å². The van der Waals surface area contributed by atoms with Crippen molar-refractivity contribution in [2.75, 3.05) is 19.4 Å². The highest BCUT2D eigenvalue weighted by Crippen LogP contribution is 2.43. The van der Waals surface area contributed by atoms with E-state index in [0.29, 0.717) is 0 Å². The molecule has 0 spiro atoms. The van der Waals surface area contributed by atoms with E-state index in [4.69, 9.17) is 9.26 Å². The molecule has 2 rings (SSSR count). The van der Waals surface area contributed by atoms with E-state index in [0.717, 1.165) is 4.57 Å². The fourth-order valence-electron chi connectivity index (χ4n) is 2.54. The minimum atomic E-state index is -4.28. The van der Waals surface area contributed by atoms with Crippen LogP contribution in [0.5, 0.6) is 0 Å². The lowest BCUT2D eigenvalue weighted by atomic mass is 10.2. The predicted molar refractivity (Wildman–Crippen MR) is 101 cm³/mol. The van der Waals surface area contributed by atoms with E-state index in [1.54, 1.807) is 6.92 Å². The van der Waals surface area contributed by atoms with Gasteiger partial charge in [0.05, 0.1) is 24.9 Å². The van der Waals surface area contributed by atoms with Gasteiger partial charge in [0.15, 0.2) is 0 Å². The molecule has 1 aromatic heterocycles. The molecular weight excluding hydrogens is 463 g/mol. The summed E-state index contributed by atoms with van der Waals surface area (Å²) < 4.78 is 28.0. The van der Waals surface area contributed by atoms with Gasteiger partial charge in [0.1, 0.15) is 18.5 Å². The molecule has 1 aliphatic heterocycles. The van der Waals surface area contributed by atoms with Crippen LogP contribution in [0.2, 0.25) is 0 Å². The van der Waals surface area contributed by atoms with Crippen LogP contribution in [-0.2, 0) is 23.4 Å². The lowest BCUT2D eigenvalue weighted by Gasteiger charge is -2.18. The Morgan fingerprint density at radius 1 is 1.54 bits per heavy atom. The molecule has 1 aliphatic rings. The zero-order chi connectivity index (χ0) is 20.9. The number of H-pyrrole nitrogens is 1. The number of ether oxygens (including phenoxy) is 2. The van der Waals surface area contributed by atoms with Crippen molar-refractivity contribution in [2.24, 2.45) is 0 Å². The van der Waals surface area contributed by atoms with Gasteiger partial charge < -0.3 is 24.0 Å². The Bertz CT molecular complexity index is 896. The van der Waals surface area contributed by atoms with E-state index in [-0.39, 0.29) is 18.6 Å². The summed E-state index contributed by atoms with van der Waals surface area (Å²) in [7, 11) is -4.28. The largest absolute Gasteiger partial charge is 0.466 e. The van der Waals surface area contributed by atoms with Crippen LogP contribution in [0.25, 0.3) is 6.08 Å². The lowest BCUT2D eigenvalue weighted by molar-refractivity contribution is -0.140. The molecule has 0 amide bonds. The van der Waals surface area contributed by atoms with Crippen molar-refractivity contribution in [3.63, 3.8) is 0 Å². The molecular formula is C15H20BrN2O9P. The second-order valence-electron chi connectivity index (χ2n) is 5.87. The van der Waals surface area contributed by atoms with Crippen LogP contribution in [0.4, 0.5) is 0 Å². The summed E-state index contributed by atoms with van der Waals surface area (Å²) in [6.45, 7) is 1.14. The maximum atomic E-state index is 12.0. The number of aromatic amines is 1. The number of carbonyl (C=O) groups excluding carboxylic acids is 1. The topological polar surface area (TPSA) is 157 Å². The summed E-state index contributed by atoms with van der Waals surface area (Å²) in [4.78, 5) is 48.4. The van der Waals surface area contributed by atoms with Crippen LogP contribution >= 0.6 is 23.5 Å². The van der Waals surface area contributed by atoms with Gasteiger partial charge in [-0.3, -0.25) is 23.7 Å². The number of nitrogens with one attached hydrogen (secondary N) is 1. The van der Waals surface area contributed by atoms with Gasteiger partial charge in [-0.25, -0.2) is 4.79 Å². The third-order valence-corrected chi connectivity index (χ3v) is 5.30. The monoisotopic (exact) mass is 482 g/mol. The summed E-state index contributed by atoms with van der Waals surface area (Å²) in [5.74, 6) is -0.883. The van der Waals surface area contributed by atoms with Gasteiger partial charge in [0, 0.05) is 12.6 Å². The Morgan fingerprint density at radius 3 is 2.89 bits per heavy atom. The first-order valence-corrected chi connectivity index (χ1v) is 10.9. The van der Waals surface area contributed by atoms with E-state index in [9.17, 15) is 28.9 Å². The molecule has 0 saturated carbocycles. The maximum Gasteiger partial charge on any atom is 0.339 e. The minimum absolute atomic E-state index is 0.00888. The molecule has 0 aromatic carbocycles. The predicted octanol–water partition coefficient (Wildman–Crippen LogP) is 0.316. The first-order valence-electron chi connectivity index (χ1n) is 8.24. The Hall–Kier alpha value is -1.56. The summed E-state index contributed by atoms with van der Waals surface area (Å²) in [5, 5.41) is 10.1. The van der Waals surface area contributed by atoms with Gasteiger partial charge in [-0.2, -0.15) is 0 Å². The van der Waals surface area contributed by atoms with Gasteiger partial charge in [0.25, 0.3) is 5.56 Å². The zero-order valence-electron chi connectivity index (χ0n) is 14.8. The summed E-state index contributed by atoms with van der Waals surface area (Å²) in [6, 6.07) is 0. The van der Waals surface area contributed by atoms with Crippen LogP contribution in [0.15, 0.2) is 20.8 Å². The van der Waals surface area contributed by atoms with Gasteiger partial charge in [-0.05, 0) is 18.0 Å². The minimum Gasteiger partial charge on any atom is -0.466 e. The quantitative estimate of drug-likeness (QED) is 0.350. The Kier molecular flexibility index (Phi) is 7.93.